The molecule has 4 fully saturated rings. The Morgan fingerprint density at radius 2 is 1.98 bits per heavy atom. The maximum absolute atomic E-state index is 16.4. The first kappa shape index (κ1) is 24.4. The predicted octanol–water partition coefficient (Wildman–Crippen LogP) is 5.10. The molecule has 0 amide bonds. The quantitative estimate of drug-likeness (QED) is 0.385. The number of hydrogen-bond acceptors (Lipinski definition) is 8. The molecule has 6 heterocycles. The molecule has 0 radical (unpaired) electrons. The van der Waals surface area contributed by atoms with Gasteiger partial charge >= 0.3 is 12.2 Å². The van der Waals surface area contributed by atoms with Crippen LogP contribution in [0.15, 0.2) is 18.3 Å². The Balaban J connectivity index is 1.34. The lowest BCUT2D eigenvalue weighted by Crippen LogP contribution is -2.51. The summed E-state index contributed by atoms with van der Waals surface area (Å²) in [4.78, 5) is 16.0. The van der Waals surface area contributed by atoms with Gasteiger partial charge in [-0.2, -0.15) is 23.1 Å². The zero-order valence-corrected chi connectivity index (χ0v) is 22.9. The first-order chi connectivity index (χ1) is 21.1. The summed E-state index contributed by atoms with van der Waals surface area (Å²) in [6, 6.07) is 1.37. The van der Waals surface area contributed by atoms with Gasteiger partial charge in [0.05, 0.1) is 22.9 Å². The summed E-state index contributed by atoms with van der Waals surface area (Å²) < 4.78 is 104. The maximum atomic E-state index is 16.4. The molecule has 0 spiro atoms. The van der Waals surface area contributed by atoms with Crippen molar-refractivity contribution in [3.05, 3.63) is 34.7 Å². The molecule has 2 bridgehead atoms. The fourth-order valence-electron chi connectivity index (χ4n) is 6.67. The van der Waals surface area contributed by atoms with Gasteiger partial charge in [0.1, 0.15) is 35.5 Å². The number of pyridine rings is 1. The van der Waals surface area contributed by atoms with E-state index in [9.17, 15) is 22.7 Å². The molecule has 8 nitrogen and oxygen atoms in total. The van der Waals surface area contributed by atoms with Gasteiger partial charge in [-0.25, -0.2) is 8.78 Å². The van der Waals surface area contributed by atoms with Crippen molar-refractivity contribution in [2.45, 2.75) is 62.1 Å². The van der Waals surface area contributed by atoms with Crippen molar-refractivity contribution in [2.75, 3.05) is 37.6 Å². The third-order valence-corrected chi connectivity index (χ3v) is 8.86. The van der Waals surface area contributed by atoms with E-state index in [1.165, 1.54) is 11.1 Å². The van der Waals surface area contributed by atoms with Crippen molar-refractivity contribution in [2.24, 2.45) is 0 Å². The van der Waals surface area contributed by atoms with Gasteiger partial charge in [-0.15, -0.1) is 0 Å². The second kappa shape index (κ2) is 10.0. The summed E-state index contributed by atoms with van der Waals surface area (Å²) in [5.41, 5.74) is -4.46. The molecule has 14 heteroatoms. The van der Waals surface area contributed by atoms with Crippen LogP contribution in [0.2, 0.25) is 5.02 Å². The number of halogens is 6. The minimum Gasteiger partial charge on any atom is -0.508 e. The third kappa shape index (κ3) is 4.69. The highest BCUT2D eigenvalue weighted by molar-refractivity contribution is 6.32. The predicted molar refractivity (Wildman–Crippen MR) is 145 cm³/mol. The summed E-state index contributed by atoms with van der Waals surface area (Å²) in [6.07, 6.45) is -4.42. The molecule has 0 unspecified atom stereocenters. The number of alkyl halides is 4. The number of nitrogens with zero attached hydrogens (tertiary/aromatic N) is 5. The van der Waals surface area contributed by atoms with Crippen molar-refractivity contribution in [1.82, 2.24) is 25.2 Å². The van der Waals surface area contributed by atoms with Crippen LogP contribution in [0.3, 0.4) is 0 Å². The van der Waals surface area contributed by atoms with Crippen LogP contribution < -0.4 is 15.0 Å². The monoisotopic (exact) mass is 613 g/mol. The van der Waals surface area contributed by atoms with E-state index < -0.39 is 64.3 Å². The number of ether oxygens (including phenoxy) is 1. The molecule has 42 heavy (non-hydrogen) atoms. The summed E-state index contributed by atoms with van der Waals surface area (Å²) in [5, 5.41) is 12.8. The van der Waals surface area contributed by atoms with Crippen molar-refractivity contribution in [1.29, 1.82) is 0 Å². The van der Waals surface area contributed by atoms with Crippen LogP contribution in [0.25, 0.3) is 22.2 Å². The summed E-state index contributed by atoms with van der Waals surface area (Å²) in [6.45, 7) is -1.60. The van der Waals surface area contributed by atoms with Crippen LogP contribution in [0.5, 0.6) is 11.8 Å². The smallest absolute Gasteiger partial charge is 0.418 e. The number of aromatic hydroxyl groups is 1. The first-order valence-electron chi connectivity index (χ1n) is 15.1. The van der Waals surface area contributed by atoms with Crippen LogP contribution in [-0.2, 0) is 6.18 Å². The molecule has 7 rings (SSSR count). The highest BCUT2D eigenvalue weighted by Crippen LogP contribution is 2.45. The molecule has 224 valence electrons. The molecule has 4 aliphatic rings. The van der Waals surface area contributed by atoms with Crippen LogP contribution in [0.4, 0.5) is 27.8 Å². The number of piperazine rings is 1. The number of benzene rings is 1. The standard InChI is InChI=1S/C28H28ClF5N6O2/c29-20-7-17(41)6-18(21(20)28(32,33)34)23-22(31)24-19(9-35-23)25(39-11-15-2-3-16(12-39)36-15)38-26(37-24)42-13-27-4-1-5-40(27)10-14(30)8-27/h6-7,9,14-16,36,41H,1-5,8,10-13H2/t14-,15-,16+,27+/m1/s1/i5D2,14D. The fraction of sp³-hybridized carbons (Fsp3) is 0.536. The van der Waals surface area contributed by atoms with Gasteiger partial charge in [0.25, 0.3) is 0 Å². The van der Waals surface area contributed by atoms with Gasteiger partial charge in [-0.05, 0) is 44.3 Å². The van der Waals surface area contributed by atoms with E-state index in [2.05, 4.69) is 20.3 Å². The van der Waals surface area contributed by atoms with Gasteiger partial charge < -0.3 is 20.1 Å². The normalized spacial score (nSPS) is 31.7. The molecule has 2 N–H and O–H groups in total. The highest BCUT2D eigenvalue weighted by Gasteiger charge is 2.49. The second-order valence-electron chi connectivity index (χ2n) is 11.4. The Morgan fingerprint density at radius 1 is 1.21 bits per heavy atom. The van der Waals surface area contributed by atoms with Crippen LogP contribution >= 0.6 is 11.6 Å². The SMILES string of the molecule is [2H]C1([2H])CC[C@@]2(COc3nc(N4C[C@H]5CC[C@@H](C4)N5)c4cnc(-c5cc(O)cc(Cl)c5C(F)(F)F)c(F)c4n3)C[C@@]([2H])(F)CN12. The van der Waals surface area contributed by atoms with E-state index in [0.717, 1.165) is 18.9 Å². The molecule has 0 aliphatic carbocycles. The Bertz CT molecular complexity index is 1690. The lowest BCUT2D eigenvalue weighted by atomic mass is 9.95. The second-order valence-corrected chi connectivity index (χ2v) is 11.8. The van der Waals surface area contributed by atoms with Gasteiger partial charge in [0.15, 0.2) is 5.82 Å². The highest BCUT2D eigenvalue weighted by atomic mass is 35.5. The van der Waals surface area contributed by atoms with E-state index in [0.29, 0.717) is 19.2 Å². The number of phenols is 1. The third-order valence-electron chi connectivity index (χ3n) is 8.56. The summed E-state index contributed by atoms with van der Waals surface area (Å²) in [5.74, 6) is -1.60. The molecule has 4 saturated heterocycles. The molecule has 4 atom stereocenters. The van der Waals surface area contributed by atoms with E-state index >= 15 is 4.39 Å². The molecule has 4 aliphatic heterocycles. The first-order valence-corrected chi connectivity index (χ1v) is 14.0. The van der Waals surface area contributed by atoms with Gasteiger partial charge in [0, 0.05) is 52.6 Å². The molecule has 1 aromatic carbocycles. The van der Waals surface area contributed by atoms with Gasteiger partial charge in [-0.3, -0.25) is 9.88 Å². The average molecular weight is 614 g/mol. The Hall–Kier alpha value is -3.03. The number of phenolic OH excluding ortho intramolecular Hbond substituents is 1. The Morgan fingerprint density at radius 3 is 2.71 bits per heavy atom. The molecule has 2 aromatic heterocycles. The van der Waals surface area contributed by atoms with Crippen LogP contribution in [0, 0.1) is 5.82 Å². The minimum absolute atomic E-state index is 0.0947. The number of nitrogens with one attached hydrogen (secondary N) is 1. The number of fused-ring (bicyclic) bond motifs is 4. The zero-order chi connectivity index (χ0) is 32.1. The average Bonchev–Trinajstić information content (AvgIpc) is 3.51. The van der Waals surface area contributed by atoms with Crippen molar-refractivity contribution in [3.8, 4) is 23.0 Å². The van der Waals surface area contributed by atoms with Crippen LogP contribution in [0.1, 0.15) is 41.8 Å². The van der Waals surface area contributed by atoms with Crippen LogP contribution in [-0.4, -0.2) is 81.5 Å². The maximum Gasteiger partial charge on any atom is 0.418 e. The molecular weight excluding hydrogens is 583 g/mol. The van der Waals surface area contributed by atoms with E-state index in [1.54, 1.807) is 0 Å². The van der Waals surface area contributed by atoms with Crippen molar-refractivity contribution < 1.29 is 35.9 Å². The van der Waals surface area contributed by atoms with E-state index in [-0.39, 0.29) is 60.7 Å². The molecule has 3 aromatic rings. The number of aromatic nitrogens is 3. The van der Waals surface area contributed by atoms with Gasteiger partial charge in [0.2, 0.25) is 0 Å². The topological polar surface area (TPSA) is 86.6 Å². The van der Waals surface area contributed by atoms with E-state index in [1.807, 2.05) is 4.90 Å². The van der Waals surface area contributed by atoms with E-state index in [4.69, 9.17) is 20.5 Å². The number of rotatable bonds is 5. The number of hydrogen-bond donors (Lipinski definition) is 2. The summed E-state index contributed by atoms with van der Waals surface area (Å²) in [7, 11) is 0. The largest absolute Gasteiger partial charge is 0.508 e. The Labute approximate surface area is 247 Å². The van der Waals surface area contributed by atoms with Crippen molar-refractivity contribution in [3.63, 3.8) is 0 Å². The summed E-state index contributed by atoms with van der Waals surface area (Å²) >= 11 is 5.85. The lowest BCUT2D eigenvalue weighted by molar-refractivity contribution is -0.137. The van der Waals surface area contributed by atoms with Crippen molar-refractivity contribution >= 4 is 28.3 Å². The fourth-order valence-corrected chi connectivity index (χ4v) is 6.99. The lowest BCUT2D eigenvalue weighted by Gasteiger charge is -2.34. The molecule has 0 saturated carbocycles. The number of anilines is 1. The van der Waals surface area contributed by atoms with Gasteiger partial charge in [-0.1, -0.05) is 11.6 Å². The molecular formula is C28H28ClF5N6O2. The minimum atomic E-state index is -5.00. The Kier molecular flexibility index (Phi) is 5.82. The zero-order valence-electron chi connectivity index (χ0n) is 25.1.